The molecular formula is C18H19BrClN3O3. The number of anilines is 1. The SMILES string of the molecule is Br.CN(CC(=O)NC(=O)CN)c1ccc(Cl)cc1C(=O)c1ccccc1. The Labute approximate surface area is 167 Å². The van der Waals surface area contributed by atoms with Crippen molar-refractivity contribution in [2.75, 3.05) is 25.0 Å². The van der Waals surface area contributed by atoms with E-state index in [4.69, 9.17) is 17.3 Å². The smallest absolute Gasteiger partial charge is 0.246 e. The normalized spacial score (nSPS) is 9.81. The Bertz CT molecular complexity index is 800. The van der Waals surface area contributed by atoms with Crippen molar-refractivity contribution in [3.8, 4) is 0 Å². The highest BCUT2D eigenvalue weighted by molar-refractivity contribution is 8.93. The molecule has 0 aliphatic rings. The van der Waals surface area contributed by atoms with Gasteiger partial charge in [0.1, 0.15) is 0 Å². The molecule has 26 heavy (non-hydrogen) atoms. The van der Waals surface area contributed by atoms with Gasteiger partial charge in [0.25, 0.3) is 0 Å². The van der Waals surface area contributed by atoms with Crippen molar-refractivity contribution in [1.29, 1.82) is 0 Å². The van der Waals surface area contributed by atoms with Gasteiger partial charge in [0.15, 0.2) is 5.78 Å². The largest absolute Gasteiger partial charge is 0.365 e. The van der Waals surface area contributed by atoms with Gasteiger partial charge in [-0.1, -0.05) is 41.9 Å². The van der Waals surface area contributed by atoms with Crippen LogP contribution in [0.4, 0.5) is 5.69 Å². The zero-order chi connectivity index (χ0) is 18.4. The molecule has 8 heteroatoms. The Morgan fingerprint density at radius 3 is 2.35 bits per heavy atom. The molecule has 3 N–H and O–H groups in total. The van der Waals surface area contributed by atoms with Gasteiger partial charge in [-0.2, -0.15) is 0 Å². The number of benzene rings is 2. The molecule has 2 aromatic rings. The Morgan fingerprint density at radius 2 is 1.73 bits per heavy atom. The first kappa shape index (κ1) is 21.8. The van der Waals surface area contributed by atoms with Gasteiger partial charge in [-0.3, -0.25) is 19.7 Å². The van der Waals surface area contributed by atoms with Crippen molar-refractivity contribution in [3.63, 3.8) is 0 Å². The second kappa shape index (κ2) is 10.1. The third kappa shape index (κ3) is 5.66. The van der Waals surface area contributed by atoms with Crippen molar-refractivity contribution in [2.24, 2.45) is 5.73 Å². The molecule has 0 atom stereocenters. The quantitative estimate of drug-likeness (QED) is 0.672. The average Bonchev–Trinajstić information content (AvgIpc) is 2.61. The lowest BCUT2D eigenvalue weighted by atomic mass is 10.0. The van der Waals surface area contributed by atoms with Gasteiger partial charge in [-0.05, 0) is 18.2 Å². The van der Waals surface area contributed by atoms with Crippen LogP contribution in [-0.2, 0) is 9.59 Å². The number of carbonyl (C=O) groups is 3. The van der Waals surface area contributed by atoms with Gasteiger partial charge in [-0.15, -0.1) is 17.0 Å². The van der Waals surface area contributed by atoms with Crippen LogP contribution in [0, 0.1) is 0 Å². The van der Waals surface area contributed by atoms with Crippen LogP contribution in [0.1, 0.15) is 15.9 Å². The topological polar surface area (TPSA) is 92.5 Å². The summed E-state index contributed by atoms with van der Waals surface area (Å²) in [7, 11) is 1.65. The summed E-state index contributed by atoms with van der Waals surface area (Å²) < 4.78 is 0. The number of hydrogen-bond acceptors (Lipinski definition) is 5. The zero-order valence-corrected chi connectivity index (χ0v) is 16.5. The van der Waals surface area contributed by atoms with Gasteiger partial charge < -0.3 is 10.6 Å². The molecule has 0 fully saturated rings. The fourth-order valence-corrected chi connectivity index (χ4v) is 2.49. The predicted molar refractivity (Wildman–Crippen MR) is 107 cm³/mol. The van der Waals surface area contributed by atoms with E-state index in [1.807, 2.05) is 6.07 Å². The predicted octanol–water partition coefficient (Wildman–Crippen LogP) is 2.19. The molecule has 2 amide bonds. The third-order valence-electron chi connectivity index (χ3n) is 3.50. The van der Waals surface area contributed by atoms with Crippen LogP contribution in [-0.4, -0.2) is 37.7 Å². The second-order valence-corrected chi connectivity index (χ2v) is 5.82. The molecule has 0 aromatic heterocycles. The monoisotopic (exact) mass is 439 g/mol. The van der Waals surface area contributed by atoms with Crippen molar-refractivity contribution >= 4 is 51.9 Å². The van der Waals surface area contributed by atoms with Crippen LogP contribution in [0.15, 0.2) is 48.5 Å². The second-order valence-electron chi connectivity index (χ2n) is 5.39. The summed E-state index contributed by atoms with van der Waals surface area (Å²) in [6.07, 6.45) is 0. The Kier molecular flexibility index (Phi) is 8.44. The molecule has 0 saturated carbocycles. The summed E-state index contributed by atoms with van der Waals surface area (Å²) in [6.45, 7) is -0.378. The molecule has 0 heterocycles. The zero-order valence-electron chi connectivity index (χ0n) is 14.1. The minimum atomic E-state index is -0.560. The lowest BCUT2D eigenvalue weighted by Crippen LogP contribution is -2.41. The first-order valence-electron chi connectivity index (χ1n) is 7.55. The highest BCUT2D eigenvalue weighted by Gasteiger charge is 2.18. The Balaban J connectivity index is 0.00000338. The van der Waals surface area contributed by atoms with Crippen molar-refractivity contribution in [2.45, 2.75) is 0 Å². The van der Waals surface area contributed by atoms with Crippen LogP contribution in [0.5, 0.6) is 0 Å². The van der Waals surface area contributed by atoms with E-state index in [0.717, 1.165) is 0 Å². The van der Waals surface area contributed by atoms with E-state index >= 15 is 0 Å². The van der Waals surface area contributed by atoms with E-state index in [1.54, 1.807) is 54.4 Å². The molecule has 138 valence electrons. The molecule has 0 aliphatic carbocycles. The number of carbonyl (C=O) groups excluding carboxylic acids is 3. The highest BCUT2D eigenvalue weighted by atomic mass is 79.9. The maximum atomic E-state index is 12.8. The van der Waals surface area contributed by atoms with Crippen LogP contribution >= 0.6 is 28.6 Å². The van der Waals surface area contributed by atoms with E-state index in [-0.39, 0.29) is 35.9 Å². The molecule has 0 spiro atoms. The first-order valence-corrected chi connectivity index (χ1v) is 7.93. The highest BCUT2D eigenvalue weighted by Crippen LogP contribution is 2.26. The van der Waals surface area contributed by atoms with E-state index in [0.29, 0.717) is 21.8 Å². The number of amides is 2. The number of nitrogens with zero attached hydrogens (tertiary/aromatic N) is 1. The van der Waals surface area contributed by atoms with E-state index < -0.39 is 11.8 Å². The number of likely N-dealkylation sites (N-methyl/N-ethyl adjacent to an activating group) is 1. The number of hydrogen-bond donors (Lipinski definition) is 2. The maximum Gasteiger partial charge on any atom is 0.246 e. The molecule has 0 bridgehead atoms. The number of imide groups is 1. The lowest BCUT2D eigenvalue weighted by molar-refractivity contribution is -0.128. The van der Waals surface area contributed by atoms with E-state index in [9.17, 15) is 14.4 Å². The van der Waals surface area contributed by atoms with Crippen molar-refractivity contribution in [1.82, 2.24) is 5.32 Å². The van der Waals surface area contributed by atoms with Crippen molar-refractivity contribution in [3.05, 3.63) is 64.7 Å². The summed E-state index contributed by atoms with van der Waals surface area (Å²) in [4.78, 5) is 37.4. The summed E-state index contributed by atoms with van der Waals surface area (Å²) in [6, 6.07) is 13.6. The molecule has 6 nitrogen and oxygen atoms in total. The third-order valence-corrected chi connectivity index (χ3v) is 3.73. The van der Waals surface area contributed by atoms with E-state index in [1.165, 1.54) is 0 Å². The van der Waals surface area contributed by atoms with Crippen LogP contribution in [0.2, 0.25) is 5.02 Å². The number of ketones is 1. The summed E-state index contributed by atoms with van der Waals surface area (Å²) in [5.41, 5.74) is 6.60. The van der Waals surface area contributed by atoms with Gasteiger partial charge >= 0.3 is 0 Å². The number of rotatable bonds is 6. The minimum absolute atomic E-state index is 0. The van der Waals surface area contributed by atoms with Crippen LogP contribution in [0.25, 0.3) is 0 Å². The number of halogens is 2. The molecule has 0 unspecified atom stereocenters. The van der Waals surface area contributed by atoms with Crippen molar-refractivity contribution < 1.29 is 14.4 Å². The minimum Gasteiger partial charge on any atom is -0.365 e. The van der Waals surface area contributed by atoms with Gasteiger partial charge in [0, 0.05) is 28.9 Å². The molecule has 0 aliphatic heterocycles. The average molecular weight is 441 g/mol. The summed E-state index contributed by atoms with van der Waals surface area (Å²) in [5, 5.41) is 2.58. The lowest BCUT2D eigenvalue weighted by Gasteiger charge is -2.21. The fraction of sp³-hybridized carbons (Fsp3) is 0.167. The molecule has 2 aromatic carbocycles. The van der Waals surface area contributed by atoms with Gasteiger partial charge in [-0.25, -0.2) is 0 Å². The summed E-state index contributed by atoms with van der Waals surface area (Å²) in [5.74, 6) is -1.27. The summed E-state index contributed by atoms with van der Waals surface area (Å²) >= 11 is 6.04. The maximum absolute atomic E-state index is 12.8. The van der Waals surface area contributed by atoms with Crippen LogP contribution < -0.4 is 16.0 Å². The fourth-order valence-electron chi connectivity index (χ4n) is 2.31. The Morgan fingerprint density at radius 1 is 1.08 bits per heavy atom. The standard InChI is InChI=1S/C18H18ClN3O3.BrH/c1-22(11-17(24)21-16(23)10-20)15-8-7-13(19)9-14(15)18(25)12-5-3-2-4-6-12;/h2-9H,10-11,20H2,1H3,(H,21,23,24);1H. The Hall–Kier alpha value is -2.22. The molecular weight excluding hydrogens is 422 g/mol. The van der Waals surface area contributed by atoms with Crippen LogP contribution in [0.3, 0.4) is 0 Å². The molecule has 0 radical (unpaired) electrons. The number of nitrogens with two attached hydrogens (primary N) is 1. The number of nitrogens with one attached hydrogen (secondary N) is 1. The van der Waals surface area contributed by atoms with Gasteiger partial charge in [0.2, 0.25) is 11.8 Å². The molecule has 2 rings (SSSR count). The first-order chi connectivity index (χ1) is 11.9. The van der Waals surface area contributed by atoms with Gasteiger partial charge in [0.05, 0.1) is 13.1 Å². The van der Waals surface area contributed by atoms with E-state index in [2.05, 4.69) is 5.32 Å². The molecule has 0 saturated heterocycles.